The first-order valence-electron chi connectivity index (χ1n) is 9.49. The molecule has 0 radical (unpaired) electrons. The molecule has 0 atom stereocenters. The Morgan fingerprint density at radius 2 is 1.07 bits per heavy atom. The van der Waals surface area contributed by atoms with Gasteiger partial charge in [-0.05, 0) is 25.7 Å². The number of nitrogens with one attached hydrogen (secondary N) is 2. The first kappa shape index (κ1) is 36.7. The van der Waals surface area contributed by atoms with Crippen molar-refractivity contribution >= 4 is 50.5 Å². The van der Waals surface area contributed by atoms with E-state index in [0.717, 1.165) is 0 Å². The van der Waals surface area contributed by atoms with Crippen LogP contribution in [0.1, 0.15) is 53.4 Å². The fourth-order valence-corrected chi connectivity index (χ4v) is 3.30. The van der Waals surface area contributed by atoms with Crippen LogP contribution in [0.5, 0.6) is 0 Å². The van der Waals surface area contributed by atoms with Gasteiger partial charge in [0, 0.05) is 25.3 Å². The summed E-state index contributed by atoms with van der Waals surface area (Å²) in [5.74, 6) is 0. The van der Waals surface area contributed by atoms with Crippen molar-refractivity contribution in [1.82, 2.24) is 0 Å². The molecule has 0 amide bonds. The van der Waals surface area contributed by atoms with Gasteiger partial charge in [-0.1, -0.05) is 38.2 Å². The third-order valence-corrected chi connectivity index (χ3v) is 4.69. The van der Waals surface area contributed by atoms with Crippen molar-refractivity contribution in [2.45, 2.75) is 53.4 Å². The minimum Gasteiger partial charge on any atom is -0.324 e. The van der Waals surface area contributed by atoms with Crippen LogP contribution < -0.4 is 10.5 Å². The van der Waals surface area contributed by atoms with Crippen molar-refractivity contribution in [3.05, 3.63) is 19.6 Å². The molecule has 0 heterocycles. The van der Waals surface area contributed by atoms with Gasteiger partial charge < -0.3 is 4.48 Å². The summed E-state index contributed by atoms with van der Waals surface area (Å²) >= 11 is 13.4. The van der Waals surface area contributed by atoms with Crippen molar-refractivity contribution in [1.29, 1.82) is 10.5 Å². The van der Waals surface area contributed by atoms with Crippen LogP contribution in [0.3, 0.4) is 0 Å². The molecule has 0 saturated heterocycles. The summed E-state index contributed by atoms with van der Waals surface area (Å²) in [6, 6.07) is 7.20. The van der Waals surface area contributed by atoms with Crippen molar-refractivity contribution in [3.63, 3.8) is 0 Å². The standard InChI is InChI=1S/C12H28N.2C4H2N2S2.Ni/c1-5-9-13(10-6-2,11-7-3)12-8-4;2*5-1-3(2-6)4(7)8;/h5-12H2,1-4H3;2*7-8H;/q+1;;;+2/p+4. The number of hydrogen-bond donors (Lipinski definition) is 4. The Labute approximate surface area is 215 Å². The van der Waals surface area contributed by atoms with Gasteiger partial charge in [0.15, 0.2) is 0 Å². The largest absolute Gasteiger partial charge is 2.00 e. The van der Waals surface area contributed by atoms with Gasteiger partial charge in [-0.15, -0.1) is 25.3 Å². The molecule has 5 nitrogen and oxygen atoms in total. The van der Waals surface area contributed by atoms with Gasteiger partial charge >= 0.3 is 38.4 Å². The van der Waals surface area contributed by atoms with E-state index in [4.69, 9.17) is 21.0 Å². The zero-order valence-corrected chi connectivity index (χ0v) is 23.0. The van der Waals surface area contributed by atoms with Crippen LogP contribution in [0, 0.1) is 34.8 Å². The van der Waals surface area contributed by atoms with Crippen LogP contribution in [0.4, 0.5) is 0 Å². The first-order chi connectivity index (χ1) is 13.7. The second kappa shape index (κ2) is 24.6. The molecule has 0 rings (SSSR count). The Hall–Kier alpha value is -0.706. The molecule has 0 aliphatic heterocycles. The number of nitriles is 2. The number of thiol groups is 2. The zero-order chi connectivity index (χ0) is 23.3. The molecule has 10 heteroatoms. The molecule has 0 aromatic heterocycles. The molecule has 0 aromatic rings. The molecule has 0 unspecified atom stereocenters. The molecule has 30 heavy (non-hydrogen) atoms. The summed E-state index contributed by atoms with van der Waals surface area (Å²) in [7, 11) is 0. The normalized spacial score (nSPS) is 8.67. The van der Waals surface area contributed by atoms with E-state index in [1.165, 1.54) is 56.3 Å². The van der Waals surface area contributed by atoms with Gasteiger partial charge in [0.05, 0.1) is 30.4 Å². The van der Waals surface area contributed by atoms with E-state index in [1.54, 1.807) is 12.1 Å². The Kier molecular flexibility index (Phi) is 30.0. The zero-order valence-electron chi connectivity index (χ0n) is 18.2. The van der Waals surface area contributed by atoms with Crippen LogP contribution >= 0.6 is 25.3 Å². The summed E-state index contributed by atoms with van der Waals surface area (Å²) < 4.78 is 2.05. The Morgan fingerprint density at radius 3 is 1.13 bits per heavy atom. The van der Waals surface area contributed by atoms with Crippen molar-refractivity contribution < 1.29 is 31.5 Å². The van der Waals surface area contributed by atoms with Crippen LogP contribution in [0.15, 0.2) is 19.6 Å². The topological polar surface area (TPSA) is 95.2 Å². The molecular formula is C20H36N5NiS4+7. The van der Waals surface area contributed by atoms with E-state index in [1.807, 2.05) is 12.1 Å². The molecule has 0 aliphatic rings. The summed E-state index contributed by atoms with van der Waals surface area (Å²) in [5.41, 5.74) is 0.204. The van der Waals surface area contributed by atoms with E-state index in [-0.39, 0.29) is 31.9 Å². The Morgan fingerprint density at radius 1 is 0.767 bits per heavy atom. The molecule has 0 spiro atoms. The molecule has 0 aliphatic carbocycles. The van der Waals surface area contributed by atoms with Gasteiger partial charge in [-0.2, -0.15) is 10.5 Å². The molecule has 0 fully saturated rings. The predicted molar refractivity (Wildman–Crippen MR) is 134 cm³/mol. The maximum atomic E-state index is 8.07. The predicted octanol–water partition coefficient (Wildman–Crippen LogP) is 0.312. The second-order valence-corrected chi connectivity index (χ2v) is 8.91. The number of allylic oxidation sites excluding steroid dienone is 2. The maximum absolute atomic E-state index is 8.07. The van der Waals surface area contributed by atoms with Gasteiger partial charge in [0.1, 0.15) is 17.7 Å². The number of nitrogens with zero attached hydrogens (tertiary/aromatic N) is 3. The van der Waals surface area contributed by atoms with E-state index >= 15 is 0 Å². The minimum absolute atomic E-state index is 0. The Balaban J connectivity index is -0.000000174. The number of quaternary nitrogens is 1. The van der Waals surface area contributed by atoms with Gasteiger partial charge in [0.25, 0.3) is 0 Å². The molecule has 0 saturated carbocycles. The third-order valence-electron chi connectivity index (χ3n) is 3.74. The number of hydrogen-bond acceptors (Lipinski definition) is 4. The van der Waals surface area contributed by atoms with Crippen LogP contribution in [-0.2, 0) is 41.7 Å². The van der Waals surface area contributed by atoms with E-state index in [0.29, 0.717) is 4.24 Å². The average molecular weight is 534 g/mol. The molecule has 0 aromatic carbocycles. The average Bonchev–Trinajstić information content (AvgIpc) is 2.65. The molecule has 168 valence electrons. The summed E-state index contributed by atoms with van der Waals surface area (Å²) in [4.78, 5) is 0. The molecule has 0 bridgehead atoms. The smallest absolute Gasteiger partial charge is 0.324 e. The summed E-state index contributed by atoms with van der Waals surface area (Å²) in [6.45, 7) is 14.8. The SMILES string of the molecule is CCC[N+](CCC)(CCC)CCC.N#CC(C#N)=C(S)S.[NH+]#CC(C#[NH+])=C([SH2+])[SH2+].[Ni+2]. The van der Waals surface area contributed by atoms with Gasteiger partial charge in [-0.3, -0.25) is 0 Å². The number of rotatable bonds is 8. The van der Waals surface area contributed by atoms with Crippen molar-refractivity contribution in [2.24, 2.45) is 0 Å². The molecular weight excluding hydrogens is 497 g/mol. The summed E-state index contributed by atoms with van der Waals surface area (Å²) in [6.07, 6.45) is 5.33. The fraction of sp³-hybridized carbons (Fsp3) is 0.600. The third kappa shape index (κ3) is 19.3. The van der Waals surface area contributed by atoms with E-state index < -0.39 is 0 Å². The summed E-state index contributed by atoms with van der Waals surface area (Å²) in [5, 5.41) is 29.2. The van der Waals surface area contributed by atoms with Crippen LogP contribution in [0.2, 0.25) is 0 Å². The van der Waals surface area contributed by atoms with Crippen molar-refractivity contribution in [3.8, 4) is 24.3 Å². The monoisotopic (exact) mass is 532 g/mol. The molecule has 2 N–H and O–H groups in total. The fourth-order valence-electron chi connectivity index (χ4n) is 2.85. The van der Waals surface area contributed by atoms with Crippen LogP contribution in [0.25, 0.3) is 0 Å². The Bertz CT molecular complexity index is 578. The quantitative estimate of drug-likeness (QED) is 0.119. The van der Waals surface area contributed by atoms with E-state index in [9.17, 15) is 0 Å². The first-order valence-corrected chi connectivity index (χ1v) is 11.4. The van der Waals surface area contributed by atoms with Gasteiger partial charge in [0.2, 0.25) is 0 Å². The van der Waals surface area contributed by atoms with Crippen LogP contribution in [-0.4, -0.2) is 30.7 Å². The van der Waals surface area contributed by atoms with E-state index in [2.05, 4.69) is 78.2 Å². The van der Waals surface area contributed by atoms with Gasteiger partial charge in [-0.25, -0.2) is 0 Å². The minimum atomic E-state index is -0.0586. The van der Waals surface area contributed by atoms with Crippen molar-refractivity contribution in [2.75, 3.05) is 26.2 Å². The maximum Gasteiger partial charge on any atom is 2.00 e. The second-order valence-electron chi connectivity index (χ2n) is 6.16.